The Morgan fingerprint density at radius 1 is 1.46 bits per heavy atom. The molecule has 1 heterocycles. The highest BCUT2D eigenvalue weighted by molar-refractivity contribution is 5.20. The van der Waals surface area contributed by atoms with Gasteiger partial charge in [0.1, 0.15) is 5.76 Å². The molecule has 2 rings (SSSR count). The molecule has 72 valence electrons. The summed E-state index contributed by atoms with van der Waals surface area (Å²) in [5.41, 5.74) is 7.39. The zero-order valence-electron chi connectivity index (χ0n) is 8.12. The molecule has 1 aliphatic carbocycles. The highest BCUT2D eigenvalue weighted by Gasteiger charge is 2.24. The molecule has 1 aromatic rings. The van der Waals surface area contributed by atoms with E-state index in [4.69, 9.17) is 10.2 Å². The van der Waals surface area contributed by atoms with Crippen LogP contribution in [0.4, 0.5) is 0 Å². The van der Waals surface area contributed by atoms with Crippen LogP contribution in [0.5, 0.6) is 0 Å². The lowest BCUT2D eigenvalue weighted by Crippen LogP contribution is -2.19. The summed E-state index contributed by atoms with van der Waals surface area (Å²) in [6.07, 6.45) is 6.99. The maximum Gasteiger partial charge on any atom is 0.105 e. The number of hydrogen-bond acceptors (Lipinski definition) is 2. The van der Waals surface area contributed by atoms with Crippen molar-refractivity contribution in [3.8, 4) is 0 Å². The Balaban J connectivity index is 2.12. The summed E-state index contributed by atoms with van der Waals surface area (Å²) >= 11 is 0. The van der Waals surface area contributed by atoms with E-state index in [1.807, 2.05) is 13.0 Å². The molecule has 2 nitrogen and oxygen atoms in total. The first-order valence-electron chi connectivity index (χ1n) is 5.08. The van der Waals surface area contributed by atoms with Gasteiger partial charge in [-0.15, -0.1) is 0 Å². The molecule has 0 spiro atoms. The molecule has 1 saturated carbocycles. The second-order valence-corrected chi connectivity index (χ2v) is 4.00. The molecule has 2 heteroatoms. The summed E-state index contributed by atoms with van der Waals surface area (Å²) in [7, 11) is 0. The zero-order chi connectivity index (χ0) is 9.26. The maximum atomic E-state index is 6.19. The minimum absolute atomic E-state index is 0.196. The molecule has 0 aliphatic heterocycles. The van der Waals surface area contributed by atoms with Gasteiger partial charge in [-0.05, 0) is 31.7 Å². The van der Waals surface area contributed by atoms with Gasteiger partial charge in [0.15, 0.2) is 0 Å². The van der Waals surface area contributed by atoms with Crippen LogP contribution in [0.15, 0.2) is 16.7 Å². The molecule has 2 N–H and O–H groups in total. The standard InChI is InChI=1S/C11H17NO/c1-8-10(6-7-13-8)11(12)9-4-2-3-5-9/h6-7,9,11H,2-5,12H2,1H3. The first-order chi connectivity index (χ1) is 6.29. The third-order valence-corrected chi connectivity index (χ3v) is 3.17. The van der Waals surface area contributed by atoms with Gasteiger partial charge in [0.05, 0.1) is 6.26 Å². The molecule has 1 atom stereocenters. The molecule has 0 saturated heterocycles. The third-order valence-electron chi connectivity index (χ3n) is 3.17. The fourth-order valence-electron chi connectivity index (χ4n) is 2.31. The lowest BCUT2D eigenvalue weighted by atomic mass is 9.93. The van der Waals surface area contributed by atoms with Gasteiger partial charge in [-0.3, -0.25) is 0 Å². The largest absolute Gasteiger partial charge is 0.469 e. The molecule has 1 aliphatic rings. The van der Waals surface area contributed by atoms with Crippen molar-refractivity contribution in [1.29, 1.82) is 0 Å². The summed E-state index contributed by atoms with van der Waals surface area (Å²) in [6.45, 7) is 1.99. The van der Waals surface area contributed by atoms with Gasteiger partial charge in [-0.1, -0.05) is 12.8 Å². The topological polar surface area (TPSA) is 39.2 Å². The van der Waals surface area contributed by atoms with Crippen LogP contribution in [-0.4, -0.2) is 0 Å². The van der Waals surface area contributed by atoms with E-state index in [2.05, 4.69) is 0 Å². The molecular formula is C11H17NO. The molecule has 0 radical (unpaired) electrons. The number of hydrogen-bond donors (Lipinski definition) is 1. The van der Waals surface area contributed by atoms with Crippen molar-refractivity contribution in [1.82, 2.24) is 0 Å². The number of rotatable bonds is 2. The van der Waals surface area contributed by atoms with E-state index in [9.17, 15) is 0 Å². The SMILES string of the molecule is Cc1occc1C(N)C1CCCC1. The Bertz CT molecular complexity index is 273. The highest BCUT2D eigenvalue weighted by Crippen LogP contribution is 2.35. The summed E-state index contributed by atoms with van der Waals surface area (Å²) in [5, 5.41) is 0. The van der Waals surface area contributed by atoms with Gasteiger partial charge in [0, 0.05) is 11.6 Å². The van der Waals surface area contributed by atoms with E-state index in [1.165, 1.54) is 31.2 Å². The van der Waals surface area contributed by atoms with Crippen molar-refractivity contribution in [2.45, 2.75) is 38.6 Å². The fourth-order valence-corrected chi connectivity index (χ4v) is 2.31. The lowest BCUT2D eigenvalue weighted by molar-refractivity contribution is 0.434. The van der Waals surface area contributed by atoms with Crippen molar-refractivity contribution in [2.24, 2.45) is 11.7 Å². The minimum atomic E-state index is 0.196. The van der Waals surface area contributed by atoms with E-state index < -0.39 is 0 Å². The van der Waals surface area contributed by atoms with E-state index >= 15 is 0 Å². The Morgan fingerprint density at radius 2 is 2.15 bits per heavy atom. The van der Waals surface area contributed by atoms with E-state index in [0.717, 1.165) is 5.76 Å². The quantitative estimate of drug-likeness (QED) is 0.758. The van der Waals surface area contributed by atoms with Crippen LogP contribution in [0, 0.1) is 12.8 Å². The van der Waals surface area contributed by atoms with Gasteiger partial charge in [-0.25, -0.2) is 0 Å². The number of aryl methyl sites for hydroxylation is 1. The maximum absolute atomic E-state index is 6.19. The van der Waals surface area contributed by atoms with Gasteiger partial charge in [0.25, 0.3) is 0 Å². The predicted molar refractivity (Wildman–Crippen MR) is 52.3 cm³/mol. The first kappa shape index (κ1) is 8.82. The molecular weight excluding hydrogens is 162 g/mol. The number of nitrogens with two attached hydrogens (primary N) is 1. The molecule has 13 heavy (non-hydrogen) atoms. The second kappa shape index (κ2) is 3.54. The average molecular weight is 179 g/mol. The van der Waals surface area contributed by atoms with Crippen molar-refractivity contribution >= 4 is 0 Å². The van der Waals surface area contributed by atoms with Crippen LogP contribution in [0.2, 0.25) is 0 Å². The van der Waals surface area contributed by atoms with Gasteiger partial charge in [0.2, 0.25) is 0 Å². The molecule has 1 fully saturated rings. The van der Waals surface area contributed by atoms with Crippen molar-refractivity contribution in [2.75, 3.05) is 0 Å². The van der Waals surface area contributed by atoms with Crippen LogP contribution >= 0.6 is 0 Å². The highest BCUT2D eigenvalue weighted by atomic mass is 16.3. The van der Waals surface area contributed by atoms with Crippen LogP contribution in [0.1, 0.15) is 43.0 Å². The monoisotopic (exact) mass is 179 g/mol. The molecule has 1 aromatic heterocycles. The molecule has 0 amide bonds. The third kappa shape index (κ3) is 1.63. The van der Waals surface area contributed by atoms with Crippen molar-refractivity contribution in [3.05, 3.63) is 23.7 Å². The summed E-state index contributed by atoms with van der Waals surface area (Å²) in [6, 6.07) is 2.21. The van der Waals surface area contributed by atoms with Gasteiger partial charge < -0.3 is 10.2 Å². The van der Waals surface area contributed by atoms with E-state index in [1.54, 1.807) is 6.26 Å². The Labute approximate surface area is 79.1 Å². The summed E-state index contributed by atoms with van der Waals surface area (Å²) in [5.74, 6) is 1.66. The van der Waals surface area contributed by atoms with Crippen molar-refractivity contribution in [3.63, 3.8) is 0 Å². The summed E-state index contributed by atoms with van der Waals surface area (Å²) < 4.78 is 5.27. The molecule has 0 bridgehead atoms. The Morgan fingerprint density at radius 3 is 2.69 bits per heavy atom. The van der Waals surface area contributed by atoms with Crippen LogP contribution in [0.25, 0.3) is 0 Å². The van der Waals surface area contributed by atoms with Crippen LogP contribution < -0.4 is 5.73 Å². The van der Waals surface area contributed by atoms with Crippen molar-refractivity contribution < 1.29 is 4.42 Å². The summed E-state index contributed by atoms with van der Waals surface area (Å²) in [4.78, 5) is 0. The fraction of sp³-hybridized carbons (Fsp3) is 0.636. The van der Waals surface area contributed by atoms with Crippen LogP contribution in [0.3, 0.4) is 0 Å². The van der Waals surface area contributed by atoms with Crippen LogP contribution in [-0.2, 0) is 0 Å². The lowest BCUT2D eigenvalue weighted by Gasteiger charge is -2.17. The number of furan rings is 1. The molecule has 1 unspecified atom stereocenters. The predicted octanol–water partition coefficient (Wildman–Crippen LogP) is 2.78. The first-order valence-corrected chi connectivity index (χ1v) is 5.08. The second-order valence-electron chi connectivity index (χ2n) is 4.00. The Hall–Kier alpha value is -0.760. The minimum Gasteiger partial charge on any atom is -0.469 e. The van der Waals surface area contributed by atoms with Gasteiger partial charge >= 0.3 is 0 Å². The smallest absolute Gasteiger partial charge is 0.105 e. The van der Waals surface area contributed by atoms with E-state index in [-0.39, 0.29) is 6.04 Å². The van der Waals surface area contributed by atoms with Gasteiger partial charge in [-0.2, -0.15) is 0 Å². The average Bonchev–Trinajstić information content (AvgIpc) is 2.72. The van der Waals surface area contributed by atoms with E-state index in [0.29, 0.717) is 5.92 Å². The molecule has 0 aromatic carbocycles. The zero-order valence-corrected chi connectivity index (χ0v) is 8.12. The Kier molecular flexibility index (Phi) is 2.40. The normalized spacial score (nSPS) is 20.8.